The molecule has 2 N–H and O–H groups in total. The Balaban J connectivity index is 1.58. The van der Waals surface area contributed by atoms with Crippen LogP contribution in [0.3, 0.4) is 0 Å². The molecule has 3 heterocycles. The summed E-state index contributed by atoms with van der Waals surface area (Å²) in [6, 6.07) is 9.49. The average Bonchev–Trinajstić information content (AvgIpc) is 3.19. The lowest BCUT2D eigenvalue weighted by Gasteiger charge is -2.26. The van der Waals surface area contributed by atoms with Gasteiger partial charge in [-0.1, -0.05) is 48.5 Å². The molecule has 1 fully saturated rings. The Kier molecular flexibility index (Phi) is 8.23. The second kappa shape index (κ2) is 11.5. The lowest BCUT2D eigenvalue weighted by Crippen LogP contribution is -2.49. The molecule has 1 atom stereocenters. The topological polar surface area (TPSA) is 101 Å². The molecule has 1 saturated heterocycles. The van der Waals surface area contributed by atoms with Gasteiger partial charge < -0.3 is 19.9 Å². The maximum absolute atomic E-state index is 12.6. The number of amides is 2. The van der Waals surface area contributed by atoms with Gasteiger partial charge in [0.25, 0.3) is 0 Å². The number of aromatic nitrogens is 3. The van der Waals surface area contributed by atoms with E-state index in [2.05, 4.69) is 42.4 Å². The van der Waals surface area contributed by atoms with E-state index in [4.69, 9.17) is 4.74 Å². The smallest absolute Gasteiger partial charge is 0.337 e. The first-order chi connectivity index (χ1) is 16.5. The Hall–Kier alpha value is -2.85. The first-order valence-electron chi connectivity index (χ1n) is 11.8. The number of carbonyl (C=O) groups excluding carboxylic acids is 2. The number of hydrogen-bond donors (Lipinski definition) is 2. The summed E-state index contributed by atoms with van der Waals surface area (Å²) in [6.45, 7) is 7.39. The molecule has 9 nitrogen and oxygen atoms in total. The van der Waals surface area contributed by atoms with E-state index in [1.54, 1.807) is 13.8 Å². The molecule has 182 valence electrons. The number of esters is 1. The fourth-order valence-electron chi connectivity index (χ4n) is 4.32. The summed E-state index contributed by atoms with van der Waals surface area (Å²) in [4.78, 5) is 27.1. The quantitative estimate of drug-likeness (QED) is 0.417. The summed E-state index contributed by atoms with van der Waals surface area (Å²) in [7, 11) is 0. The summed E-state index contributed by atoms with van der Waals surface area (Å²) in [6.07, 6.45) is 3.71. The lowest BCUT2D eigenvalue weighted by molar-refractivity contribution is -0.138. The predicted octanol–water partition coefficient (Wildman–Crippen LogP) is 2.92. The molecule has 4 rings (SSSR count). The Morgan fingerprint density at radius 2 is 1.91 bits per heavy atom. The van der Waals surface area contributed by atoms with E-state index in [-0.39, 0.29) is 12.6 Å². The zero-order chi connectivity index (χ0) is 23.9. The number of urea groups is 1. The highest BCUT2D eigenvalue weighted by Gasteiger charge is 2.30. The van der Waals surface area contributed by atoms with Crippen LogP contribution in [-0.2, 0) is 22.6 Å². The number of ether oxygens (including phenoxy) is 1. The number of rotatable bonds is 9. The number of hydrogen-bond acceptors (Lipinski definition) is 7. The number of nitrogens with zero attached hydrogens (tertiary/aromatic N) is 4. The van der Waals surface area contributed by atoms with Crippen LogP contribution in [0.25, 0.3) is 0 Å². The first kappa shape index (κ1) is 24.3. The summed E-state index contributed by atoms with van der Waals surface area (Å²) < 4.78 is 7.37. The third-order valence-electron chi connectivity index (χ3n) is 6.00. The Morgan fingerprint density at radius 1 is 1.15 bits per heavy atom. The number of likely N-dealkylation sites (tertiary alicyclic amines) is 1. The maximum Gasteiger partial charge on any atom is 0.337 e. The predicted molar refractivity (Wildman–Crippen MR) is 130 cm³/mol. The van der Waals surface area contributed by atoms with Crippen molar-refractivity contribution in [3.63, 3.8) is 0 Å². The molecule has 1 unspecified atom stereocenters. The highest BCUT2D eigenvalue weighted by Crippen LogP contribution is 2.25. The Labute approximate surface area is 204 Å². The molecule has 0 spiro atoms. The van der Waals surface area contributed by atoms with Gasteiger partial charge >= 0.3 is 12.0 Å². The van der Waals surface area contributed by atoms with E-state index in [1.807, 2.05) is 18.2 Å². The van der Waals surface area contributed by atoms with Crippen LogP contribution >= 0.6 is 11.8 Å². The van der Waals surface area contributed by atoms with Crippen molar-refractivity contribution in [3.05, 3.63) is 53.0 Å². The van der Waals surface area contributed by atoms with Gasteiger partial charge in [-0.2, -0.15) is 0 Å². The van der Waals surface area contributed by atoms with E-state index < -0.39 is 12.0 Å². The molecule has 2 amide bonds. The van der Waals surface area contributed by atoms with Crippen molar-refractivity contribution in [3.8, 4) is 0 Å². The van der Waals surface area contributed by atoms with Crippen molar-refractivity contribution in [2.24, 2.45) is 0 Å². The lowest BCUT2D eigenvalue weighted by atomic mass is 10.1. The molecule has 2 aromatic rings. The normalized spacial score (nSPS) is 19.0. The minimum atomic E-state index is -0.430. The Morgan fingerprint density at radius 3 is 2.65 bits per heavy atom. The largest absolute Gasteiger partial charge is 0.463 e. The maximum atomic E-state index is 12.6. The van der Waals surface area contributed by atoms with Gasteiger partial charge in [-0.15, -0.1) is 10.2 Å². The summed E-state index contributed by atoms with van der Waals surface area (Å²) in [5, 5.41) is 15.3. The molecule has 34 heavy (non-hydrogen) atoms. The van der Waals surface area contributed by atoms with Gasteiger partial charge in [0.05, 0.1) is 31.3 Å². The van der Waals surface area contributed by atoms with Crippen molar-refractivity contribution in [1.82, 2.24) is 30.3 Å². The highest BCUT2D eigenvalue weighted by molar-refractivity contribution is 7.99. The second-order valence-electron chi connectivity index (χ2n) is 8.53. The van der Waals surface area contributed by atoms with Crippen molar-refractivity contribution in [1.29, 1.82) is 0 Å². The van der Waals surface area contributed by atoms with E-state index in [0.717, 1.165) is 30.6 Å². The van der Waals surface area contributed by atoms with Gasteiger partial charge in [0.2, 0.25) is 0 Å². The van der Waals surface area contributed by atoms with Crippen LogP contribution in [0.5, 0.6) is 0 Å². The number of piperidine rings is 1. The second-order valence-corrected chi connectivity index (χ2v) is 9.47. The minimum Gasteiger partial charge on any atom is -0.463 e. The molecule has 1 aromatic heterocycles. The van der Waals surface area contributed by atoms with Gasteiger partial charge in [0.1, 0.15) is 5.82 Å². The highest BCUT2D eigenvalue weighted by atomic mass is 32.2. The molecule has 10 heteroatoms. The zero-order valence-electron chi connectivity index (χ0n) is 19.7. The third-order valence-corrected chi connectivity index (χ3v) is 7.00. The van der Waals surface area contributed by atoms with E-state index >= 15 is 0 Å². The monoisotopic (exact) mass is 484 g/mol. The van der Waals surface area contributed by atoms with Crippen LogP contribution in [0.2, 0.25) is 0 Å². The van der Waals surface area contributed by atoms with Crippen molar-refractivity contribution >= 4 is 23.8 Å². The number of benzene rings is 1. The number of thioether (sulfide) groups is 1. The van der Waals surface area contributed by atoms with E-state index in [9.17, 15) is 9.59 Å². The van der Waals surface area contributed by atoms with Crippen LogP contribution in [0.4, 0.5) is 4.79 Å². The number of nitrogens with one attached hydrogen (secondary N) is 2. The van der Waals surface area contributed by atoms with Gasteiger partial charge in [-0.25, -0.2) is 9.59 Å². The SMILES string of the molecule is CCOC(=O)C1=C(CSc2nnc(CN3CCCCC3)n2Cc2ccccc2)NC(=O)NC1C. The minimum absolute atomic E-state index is 0.273. The molecule has 2 aliphatic heterocycles. The summed E-state index contributed by atoms with van der Waals surface area (Å²) >= 11 is 1.46. The van der Waals surface area contributed by atoms with Crippen molar-refractivity contribution in [2.45, 2.75) is 57.4 Å². The molecule has 2 aliphatic rings. The van der Waals surface area contributed by atoms with E-state index in [0.29, 0.717) is 23.6 Å². The van der Waals surface area contributed by atoms with Crippen molar-refractivity contribution < 1.29 is 14.3 Å². The molecule has 0 saturated carbocycles. The molecule has 0 radical (unpaired) electrons. The summed E-state index contributed by atoms with van der Waals surface area (Å²) in [5.74, 6) is 0.882. The third kappa shape index (κ3) is 5.98. The average molecular weight is 485 g/mol. The number of carbonyl (C=O) groups is 2. The van der Waals surface area contributed by atoms with Crippen LogP contribution in [0.1, 0.15) is 44.5 Å². The summed E-state index contributed by atoms with van der Waals surface area (Å²) in [5.41, 5.74) is 2.16. The Bertz CT molecular complexity index is 1030. The molecular weight excluding hydrogens is 452 g/mol. The molecule has 0 aliphatic carbocycles. The zero-order valence-corrected chi connectivity index (χ0v) is 20.6. The molecule has 0 bridgehead atoms. The van der Waals surface area contributed by atoms with Crippen LogP contribution < -0.4 is 10.6 Å². The van der Waals surface area contributed by atoms with Gasteiger partial charge in [0, 0.05) is 11.4 Å². The molecule has 1 aromatic carbocycles. The van der Waals surface area contributed by atoms with Crippen LogP contribution in [0.15, 0.2) is 46.8 Å². The fraction of sp³-hybridized carbons (Fsp3) is 0.500. The standard InChI is InChI=1S/C24H32N6O3S/c1-3-33-22(31)21-17(2)25-23(32)26-19(21)16-34-24-28-27-20(15-29-12-8-5-9-13-29)30(24)14-18-10-6-4-7-11-18/h4,6-7,10-11,17H,3,5,8-9,12-16H2,1-2H3,(H2,25,26,32). The van der Waals surface area contributed by atoms with Crippen molar-refractivity contribution in [2.75, 3.05) is 25.4 Å². The van der Waals surface area contributed by atoms with Crippen LogP contribution in [0, 0.1) is 0 Å². The van der Waals surface area contributed by atoms with Gasteiger partial charge in [0.15, 0.2) is 5.16 Å². The molecular formula is C24H32N6O3S. The fourth-order valence-corrected chi connectivity index (χ4v) is 5.24. The first-order valence-corrected chi connectivity index (χ1v) is 12.8. The van der Waals surface area contributed by atoms with Crippen LogP contribution in [-0.4, -0.2) is 63.2 Å². The van der Waals surface area contributed by atoms with E-state index in [1.165, 1.54) is 36.6 Å². The van der Waals surface area contributed by atoms with Gasteiger partial charge in [-0.3, -0.25) is 4.90 Å². The van der Waals surface area contributed by atoms with Gasteiger partial charge in [-0.05, 0) is 45.3 Å².